The number of carbonyl (C=O) groups is 1. The Morgan fingerprint density at radius 1 is 1.23 bits per heavy atom. The van der Waals surface area contributed by atoms with Gasteiger partial charge in [0.1, 0.15) is 17.6 Å². The Morgan fingerprint density at radius 3 is 2.65 bits per heavy atom. The highest BCUT2D eigenvalue weighted by molar-refractivity contribution is 5.75. The second-order valence-electron chi connectivity index (χ2n) is 7.06. The van der Waals surface area contributed by atoms with E-state index in [9.17, 15) is 4.79 Å². The monoisotopic (exact) mass is 348 g/mol. The molecule has 1 atom stereocenters. The van der Waals surface area contributed by atoms with Crippen LogP contribution in [0.2, 0.25) is 0 Å². The SMILES string of the molecule is CC(=O)CC(C)Cc1ccc(C#Cc2ccnc(OC3CCC3)n2)cc1. The molecule has 1 aromatic carbocycles. The Kier molecular flexibility index (Phi) is 6.01. The molecule has 1 aliphatic rings. The minimum absolute atomic E-state index is 0.241. The van der Waals surface area contributed by atoms with Crippen LogP contribution in [0.5, 0.6) is 6.01 Å². The third kappa shape index (κ3) is 5.42. The lowest BCUT2D eigenvalue weighted by atomic mass is 9.96. The quantitative estimate of drug-likeness (QED) is 0.741. The fourth-order valence-corrected chi connectivity index (χ4v) is 2.93. The van der Waals surface area contributed by atoms with Gasteiger partial charge in [0.2, 0.25) is 0 Å². The predicted octanol–water partition coefficient (Wildman–Crippen LogP) is 3.97. The highest BCUT2D eigenvalue weighted by atomic mass is 16.5. The van der Waals surface area contributed by atoms with E-state index in [4.69, 9.17) is 4.74 Å². The summed E-state index contributed by atoms with van der Waals surface area (Å²) in [6.07, 6.45) is 6.85. The molecule has 0 radical (unpaired) electrons. The van der Waals surface area contributed by atoms with E-state index in [0.29, 0.717) is 24.0 Å². The van der Waals surface area contributed by atoms with Crippen LogP contribution in [0.3, 0.4) is 0 Å². The van der Waals surface area contributed by atoms with Crippen molar-refractivity contribution in [3.63, 3.8) is 0 Å². The first-order valence-electron chi connectivity index (χ1n) is 9.18. The molecule has 4 heteroatoms. The van der Waals surface area contributed by atoms with Gasteiger partial charge in [0.05, 0.1) is 0 Å². The topological polar surface area (TPSA) is 52.1 Å². The van der Waals surface area contributed by atoms with E-state index in [1.807, 2.05) is 12.1 Å². The molecule has 0 spiro atoms. The second kappa shape index (κ2) is 8.62. The summed E-state index contributed by atoms with van der Waals surface area (Å²) in [7, 11) is 0. The van der Waals surface area contributed by atoms with Crippen molar-refractivity contribution in [1.82, 2.24) is 9.97 Å². The fraction of sp³-hybridized carbons (Fsp3) is 0.409. The molecule has 1 unspecified atom stereocenters. The Balaban J connectivity index is 1.61. The molecule has 1 aliphatic carbocycles. The molecule has 3 rings (SSSR count). The molecular weight excluding hydrogens is 324 g/mol. The van der Waals surface area contributed by atoms with E-state index in [1.165, 1.54) is 12.0 Å². The lowest BCUT2D eigenvalue weighted by Crippen LogP contribution is -2.25. The van der Waals surface area contributed by atoms with Gasteiger partial charge in [-0.1, -0.05) is 25.0 Å². The van der Waals surface area contributed by atoms with Crippen LogP contribution >= 0.6 is 0 Å². The summed E-state index contributed by atoms with van der Waals surface area (Å²) in [6.45, 7) is 3.75. The zero-order valence-electron chi connectivity index (χ0n) is 15.4. The maximum absolute atomic E-state index is 11.2. The average molecular weight is 348 g/mol. The Hall–Kier alpha value is -2.67. The summed E-state index contributed by atoms with van der Waals surface area (Å²) in [5.41, 5.74) is 2.82. The predicted molar refractivity (Wildman–Crippen MR) is 101 cm³/mol. The Labute approximate surface area is 155 Å². The Morgan fingerprint density at radius 2 is 2.00 bits per heavy atom. The van der Waals surface area contributed by atoms with Gasteiger partial charge in [-0.25, -0.2) is 4.98 Å². The molecule has 0 saturated heterocycles. The van der Waals surface area contributed by atoms with Crippen LogP contribution in [-0.4, -0.2) is 21.9 Å². The number of hydrogen-bond donors (Lipinski definition) is 0. The fourth-order valence-electron chi connectivity index (χ4n) is 2.93. The van der Waals surface area contributed by atoms with Crippen LogP contribution in [0.1, 0.15) is 56.4 Å². The minimum atomic E-state index is 0.241. The van der Waals surface area contributed by atoms with Crippen molar-refractivity contribution in [2.24, 2.45) is 5.92 Å². The molecule has 0 N–H and O–H groups in total. The van der Waals surface area contributed by atoms with Crippen molar-refractivity contribution in [3.8, 4) is 17.9 Å². The van der Waals surface area contributed by atoms with Crippen LogP contribution in [0, 0.1) is 17.8 Å². The summed E-state index contributed by atoms with van der Waals surface area (Å²) in [5, 5.41) is 0. The van der Waals surface area contributed by atoms with Gasteiger partial charge in [-0.3, -0.25) is 0 Å². The summed E-state index contributed by atoms with van der Waals surface area (Å²) in [4.78, 5) is 19.7. The van der Waals surface area contributed by atoms with Crippen molar-refractivity contribution in [2.75, 3.05) is 0 Å². The summed E-state index contributed by atoms with van der Waals surface area (Å²) < 4.78 is 5.71. The van der Waals surface area contributed by atoms with E-state index >= 15 is 0 Å². The lowest BCUT2D eigenvalue weighted by molar-refractivity contribution is -0.117. The molecule has 1 aromatic heterocycles. The van der Waals surface area contributed by atoms with E-state index < -0.39 is 0 Å². The van der Waals surface area contributed by atoms with Gasteiger partial charge in [-0.2, -0.15) is 4.98 Å². The smallest absolute Gasteiger partial charge is 0.317 e. The summed E-state index contributed by atoms with van der Waals surface area (Å²) in [6, 6.07) is 10.4. The number of ether oxygens (including phenoxy) is 1. The van der Waals surface area contributed by atoms with E-state index in [1.54, 1.807) is 19.2 Å². The largest absolute Gasteiger partial charge is 0.460 e. The van der Waals surface area contributed by atoms with Gasteiger partial charge >= 0.3 is 6.01 Å². The first kappa shape index (κ1) is 18.1. The molecule has 134 valence electrons. The van der Waals surface area contributed by atoms with Gasteiger partial charge in [-0.05, 0) is 68.2 Å². The lowest BCUT2D eigenvalue weighted by Gasteiger charge is -2.24. The van der Waals surface area contributed by atoms with E-state index in [-0.39, 0.29) is 11.9 Å². The van der Waals surface area contributed by atoms with Crippen molar-refractivity contribution < 1.29 is 9.53 Å². The molecule has 0 amide bonds. The van der Waals surface area contributed by atoms with Crippen molar-refractivity contribution >= 4 is 5.78 Å². The van der Waals surface area contributed by atoms with Gasteiger partial charge in [0.25, 0.3) is 0 Å². The maximum Gasteiger partial charge on any atom is 0.317 e. The normalized spacial score (nSPS) is 14.7. The number of rotatable bonds is 6. The van der Waals surface area contributed by atoms with Crippen molar-refractivity contribution in [1.29, 1.82) is 0 Å². The average Bonchev–Trinajstić information content (AvgIpc) is 2.57. The zero-order valence-corrected chi connectivity index (χ0v) is 15.4. The highest BCUT2D eigenvalue weighted by Crippen LogP contribution is 2.22. The van der Waals surface area contributed by atoms with Crippen molar-refractivity contribution in [3.05, 3.63) is 53.3 Å². The molecule has 26 heavy (non-hydrogen) atoms. The minimum Gasteiger partial charge on any atom is -0.460 e. The number of nitrogens with zero attached hydrogens (tertiary/aromatic N) is 2. The summed E-state index contributed by atoms with van der Waals surface area (Å²) >= 11 is 0. The highest BCUT2D eigenvalue weighted by Gasteiger charge is 2.20. The van der Waals surface area contributed by atoms with Crippen molar-refractivity contribution in [2.45, 2.75) is 52.1 Å². The summed E-state index contributed by atoms with van der Waals surface area (Å²) in [5.74, 6) is 6.81. The Bertz CT molecular complexity index is 814. The molecule has 0 bridgehead atoms. The van der Waals surface area contributed by atoms with E-state index in [0.717, 1.165) is 24.8 Å². The van der Waals surface area contributed by atoms with Crippen LogP contribution in [0.4, 0.5) is 0 Å². The third-order valence-electron chi connectivity index (χ3n) is 4.47. The first-order valence-corrected chi connectivity index (χ1v) is 9.18. The van der Waals surface area contributed by atoms with Crippen LogP contribution in [0.25, 0.3) is 0 Å². The molecular formula is C22H24N2O2. The van der Waals surface area contributed by atoms with Gasteiger partial charge in [0, 0.05) is 18.2 Å². The number of benzene rings is 1. The zero-order chi connectivity index (χ0) is 18.4. The van der Waals surface area contributed by atoms with Gasteiger partial charge < -0.3 is 9.53 Å². The third-order valence-corrected chi connectivity index (χ3v) is 4.47. The maximum atomic E-state index is 11.2. The number of carbonyl (C=O) groups excluding carboxylic acids is 1. The molecule has 1 saturated carbocycles. The molecule has 0 aliphatic heterocycles. The van der Waals surface area contributed by atoms with Crippen LogP contribution in [0.15, 0.2) is 36.5 Å². The number of ketones is 1. The first-order chi connectivity index (χ1) is 12.6. The van der Waals surface area contributed by atoms with Gasteiger partial charge in [-0.15, -0.1) is 0 Å². The number of Topliss-reactive ketones (excluding diaryl/α,β-unsaturated/α-hetero) is 1. The molecule has 2 aromatic rings. The standard InChI is InChI=1S/C22H24N2O2/c1-16(14-17(2)25)15-19-8-6-18(7-9-19)10-11-20-12-13-23-22(24-20)26-21-4-3-5-21/h6-9,12-13,16,21H,3-5,14-15H2,1-2H3. The molecule has 1 heterocycles. The number of hydrogen-bond acceptors (Lipinski definition) is 4. The number of aromatic nitrogens is 2. The molecule has 4 nitrogen and oxygen atoms in total. The van der Waals surface area contributed by atoms with E-state index in [2.05, 4.69) is 40.9 Å². The second-order valence-corrected chi connectivity index (χ2v) is 7.06. The van der Waals surface area contributed by atoms with Crippen LogP contribution in [-0.2, 0) is 11.2 Å². The van der Waals surface area contributed by atoms with Crippen LogP contribution < -0.4 is 4.74 Å². The molecule has 1 fully saturated rings. The van der Waals surface area contributed by atoms with Gasteiger partial charge in [0.15, 0.2) is 0 Å².